The van der Waals surface area contributed by atoms with E-state index in [1.807, 2.05) is 42.2 Å². The lowest BCUT2D eigenvalue weighted by Gasteiger charge is -2.31. The van der Waals surface area contributed by atoms with E-state index in [2.05, 4.69) is 4.98 Å². The second-order valence-corrected chi connectivity index (χ2v) is 7.97. The molecule has 2 aromatic carbocycles. The van der Waals surface area contributed by atoms with E-state index >= 15 is 0 Å². The molecule has 31 heavy (non-hydrogen) atoms. The first-order valence-electron chi connectivity index (χ1n) is 10.5. The number of halogens is 1. The molecule has 7 heteroatoms. The van der Waals surface area contributed by atoms with Crippen LogP contribution in [0.2, 0.25) is 5.02 Å². The molecular weight excluding hydrogens is 414 g/mol. The second-order valence-electron chi connectivity index (χ2n) is 7.56. The van der Waals surface area contributed by atoms with E-state index in [0.717, 1.165) is 41.8 Å². The maximum Gasteiger partial charge on any atom is 0.246 e. The number of carbonyl (C=O) groups is 1. The normalized spacial score (nSPS) is 16.7. The molecule has 4 rings (SSSR count). The van der Waals surface area contributed by atoms with Gasteiger partial charge in [0.15, 0.2) is 11.5 Å². The third-order valence-electron chi connectivity index (χ3n) is 5.48. The van der Waals surface area contributed by atoms with Crippen LogP contribution in [0.1, 0.15) is 37.1 Å². The topological polar surface area (TPSA) is 67.5 Å². The molecular formula is C24H26ClN3O3. The Hall–Kier alpha value is -2.99. The predicted octanol–water partition coefficient (Wildman–Crippen LogP) is 5.04. The number of amides is 1. The molecule has 3 aromatic rings. The monoisotopic (exact) mass is 439 g/mol. The van der Waals surface area contributed by atoms with Gasteiger partial charge in [0.1, 0.15) is 5.82 Å². The molecule has 1 amide bonds. The van der Waals surface area contributed by atoms with Gasteiger partial charge in [-0.15, -0.1) is 0 Å². The summed E-state index contributed by atoms with van der Waals surface area (Å²) in [6.07, 6.45) is 5.32. The van der Waals surface area contributed by atoms with Crippen molar-refractivity contribution in [3.63, 3.8) is 0 Å². The van der Waals surface area contributed by atoms with Crippen LogP contribution in [-0.2, 0) is 4.79 Å². The van der Waals surface area contributed by atoms with Crippen LogP contribution in [0.5, 0.6) is 11.5 Å². The van der Waals surface area contributed by atoms with E-state index in [9.17, 15) is 4.79 Å². The van der Waals surface area contributed by atoms with Gasteiger partial charge in [0.2, 0.25) is 5.91 Å². The van der Waals surface area contributed by atoms with Crippen LogP contribution in [0.25, 0.3) is 17.1 Å². The molecule has 0 bridgehead atoms. The first-order chi connectivity index (χ1) is 15.1. The molecule has 0 spiro atoms. The Morgan fingerprint density at radius 1 is 1.35 bits per heavy atom. The number of hydrogen-bond donors (Lipinski definition) is 1. The van der Waals surface area contributed by atoms with Gasteiger partial charge < -0.3 is 19.4 Å². The third-order valence-corrected chi connectivity index (χ3v) is 5.76. The third kappa shape index (κ3) is 4.69. The van der Waals surface area contributed by atoms with Gasteiger partial charge in [-0.2, -0.15) is 0 Å². The van der Waals surface area contributed by atoms with Crippen LogP contribution >= 0.6 is 11.6 Å². The Labute approximate surface area is 186 Å². The zero-order chi connectivity index (χ0) is 21.8. The van der Waals surface area contributed by atoms with E-state index in [1.165, 1.54) is 0 Å². The van der Waals surface area contributed by atoms with Crippen LogP contribution in [0.3, 0.4) is 0 Å². The fourth-order valence-corrected chi connectivity index (χ4v) is 4.28. The van der Waals surface area contributed by atoms with Crippen molar-refractivity contribution >= 4 is 34.6 Å². The molecule has 0 aliphatic carbocycles. The zero-order valence-corrected chi connectivity index (χ0v) is 18.5. The number of aromatic amines is 1. The van der Waals surface area contributed by atoms with Crippen molar-refractivity contribution in [1.82, 2.24) is 14.9 Å². The maximum atomic E-state index is 12.9. The summed E-state index contributed by atoms with van der Waals surface area (Å²) in [6, 6.07) is 11.6. The minimum Gasteiger partial charge on any atom is -0.491 e. The Morgan fingerprint density at radius 3 is 2.97 bits per heavy atom. The van der Waals surface area contributed by atoms with Crippen LogP contribution in [0.4, 0.5) is 0 Å². The Morgan fingerprint density at radius 2 is 2.19 bits per heavy atom. The van der Waals surface area contributed by atoms with Crippen molar-refractivity contribution in [2.45, 2.75) is 25.7 Å². The number of ether oxygens (including phenoxy) is 2. The van der Waals surface area contributed by atoms with Crippen molar-refractivity contribution in [3.8, 4) is 11.5 Å². The van der Waals surface area contributed by atoms with E-state index in [1.54, 1.807) is 25.3 Å². The first kappa shape index (κ1) is 21.2. The molecule has 0 saturated carbocycles. The average Bonchev–Trinajstić information content (AvgIpc) is 3.22. The summed E-state index contributed by atoms with van der Waals surface area (Å²) in [5, 5.41) is 0.448. The summed E-state index contributed by atoms with van der Waals surface area (Å²) in [7, 11) is 1.55. The number of carbonyl (C=O) groups excluding carboxylic acids is 1. The van der Waals surface area contributed by atoms with E-state index < -0.39 is 0 Å². The highest BCUT2D eigenvalue weighted by Crippen LogP contribution is 2.36. The number of likely N-dealkylation sites (tertiary alicyclic amines) is 1. The van der Waals surface area contributed by atoms with Gasteiger partial charge in [-0.1, -0.05) is 23.7 Å². The van der Waals surface area contributed by atoms with Crippen molar-refractivity contribution in [2.75, 3.05) is 26.8 Å². The summed E-state index contributed by atoms with van der Waals surface area (Å²) in [6.45, 7) is 3.79. The van der Waals surface area contributed by atoms with E-state index in [0.29, 0.717) is 29.7 Å². The molecule has 1 unspecified atom stereocenters. The molecule has 162 valence electrons. The van der Waals surface area contributed by atoms with E-state index in [4.69, 9.17) is 26.1 Å². The summed E-state index contributed by atoms with van der Waals surface area (Å²) >= 11 is 6.31. The number of rotatable bonds is 6. The van der Waals surface area contributed by atoms with Gasteiger partial charge in [-0.25, -0.2) is 4.98 Å². The molecule has 0 radical (unpaired) electrons. The Kier molecular flexibility index (Phi) is 6.47. The quantitative estimate of drug-likeness (QED) is 0.546. The number of imidazole rings is 1. The van der Waals surface area contributed by atoms with Crippen LogP contribution in [-0.4, -0.2) is 47.6 Å². The zero-order valence-electron chi connectivity index (χ0n) is 17.7. The lowest BCUT2D eigenvalue weighted by molar-refractivity contribution is -0.127. The average molecular weight is 440 g/mol. The minimum absolute atomic E-state index is 0.0225. The molecule has 2 heterocycles. The van der Waals surface area contributed by atoms with Crippen LogP contribution in [0, 0.1) is 0 Å². The van der Waals surface area contributed by atoms with Gasteiger partial charge in [0.25, 0.3) is 0 Å². The fourth-order valence-electron chi connectivity index (χ4n) is 3.98. The van der Waals surface area contributed by atoms with Gasteiger partial charge in [-0.05, 0) is 55.7 Å². The number of hydrogen-bond acceptors (Lipinski definition) is 4. The van der Waals surface area contributed by atoms with Gasteiger partial charge in [0, 0.05) is 25.1 Å². The molecule has 1 aromatic heterocycles. The first-order valence-corrected chi connectivity index (χ1v) is 10.9. The minimum atomic E-state index is -0.0225. The lowest BCUT2D eigenvalue weighted by atomic mass is 9.97. The SMILES string of the molecule is CCOc1cc(/C=C/C(=O)N2CCCC(c3nc4ccccc4[nH]3)C2)cc(Cl)c1OC. The van der Waals surface area contributed by atoms with Gasteiger partial charge in [0.05, 0.1) is 29.8 Å². The number of nitrogens with zero attached hydrogens (tertiary/aromatic N) is 2. The number of methoxy groups -OCH3 is 1. The van der Waals surface area contributed by atoms with Crippen molar-refractivity contribution in [3.05, 3.63) is 58.9 Å². The molecule has 1 aliphatic rings. The highest BCUT2D eigenvalue weighted by molar-refractivity contribution is 6.32. The molecule has 6 nitrogen and oxygen atoms in total. The number of fused-ring (bicyclic) bond motifs is 1. The van der Waals surface area contributed by atoms with Crippen molar-refractivity contribution in [1.29, 1.82) is 0 Å². The van der Waals surface area contributed by atoms with E-state index in [-0.39, 0.29) is 11.8 Å². The lowest BCUT2D eigenvalue weighted by Crippen LogP contribution is -2.38. The van der Waals surface area contributed by atoms with Gasteiger partial charge in [-0.3, -0.25) is 4.79 Å². The molecule has 1 fully saturated rings. The van der Waals surface area contributed by atoms with Crippen LogP contribution < -0.4 is 9.47 Å². The number of nitrogens with one attached hydrogen (secondary N) is 1. The molecule has 1 atom stereocenters. The number of benzene rings is 2. The largest absolute Gasteiger partial charge is 0.491 e. The Bertz CT molecular complexity index is 1080. The predicted molar refractivity (Wildman–Crippen MR) is 123 cm³/mol. The number of piperidine rings is 1. The summed E-state index contributed by atoms with van der Waals surface area (Å²) in [4.78, 5) is 22.9. The molecule has 1 aliphatic heterocycles. The summed E-state index contributed by atoms with van der Waals surface area (Å²) in [5.41, 5.74) is 2.78. The second kappa shape index (κ2) is 9.43. The fraction of sp³-hybridized carbons (Fsp3) is 0.333. The van der Waals surface area contributed by atoms with Gasteiger partial charge >= 0.3 is 0 Å². The number of para-hydroxylation sites is 2. The van der Waals surface area contributed by atoms with Crippen molar-refractivity contribution < 1.29 is 14.3 Å². The smallest absolute Gasteiger partial charge is 0.246 e. The molecule has 1 N–H and O–H groups in total. The summed E-state index contributed by atoms with van der Waals surface area (Å²) < 4.78 is 10.9. The maximum absolute atomic E-state index is 12.9. The summed E-state index contributed by atoms with van der Waals surface area (Å²) in [5.74, 6) is 2.19. The number of H-pyrrole nitrogens is 1. The highest BCUT2D eigenvalue weighted by atomic mass is 35.5. The van der Waals surface area contributed by atoms with Crippen LogP contribution in [0.15, 0.2) is 42.5 Å². The standard InChI is InChI=1S/C24H26ClN3O3/c1-3-31-21-14-16(13-18(25)23(21)30-2)10-11-22(29)28-12-6-7-17(15-28)24-26-19-8-4-5-9-20(19)27-24/h4-5,8-11,13-14,17H,3,6-7,12,15H2,1-2H3,(H,26,27)/b11-10+. The van der Waals surface area contributed by atoms with Crippen molar-refractivity contribution in [2.24, 2.45) is 0 Å². The highest BCUT2D eigenvalue weighted by Gasteiger charge is 2.25. The molecule has 1 saturated heterocycles. The Balaban J connectivity index is 1.47. The number of aromatic nitrogens is 2.